The summed E-state index contributed by atoms with van der Waals surface area (Å²) in [5.74, 6) is 0.180. The Balaban J connectivity index is 2.16. The Kier molecular flexibility index (Phi) is 6.18. The predicted octanol–water partition coefficient (Wildman–Crippen LogP) is 1.43. The number of hydrogen-bond donors (Lipinski definition) is 3. The molecular weight excluding hydrogens is 240 g/mol. The summed E-state index contributed by atoms with van der Waals surface area (Å²) in [5, 5.41) is 14.3. The Hall–Kier alpha value is -0.910. The summed E-state index contributed by atoms with van der Waals surface area (Å²) >= 11 is 1.72. The summed E-state index contributed by atoms with van der Waals surface area (Å²) in [7, 11) is 0. The van der Waals surface area contributed by atoms with E-state index < -0.39 is 5.97 Å². The van der Waals surface area contributed by atoms with Crippen LogP contribution < -0.4 is 10.6 Å². The van der Waals surface area contributed by atoms with Crippen LogP contribution in [0.2, 0.25) is 0 Å². The number of aliphatic carboxylic acids is 1. The molecule has 0 bridgehead atoms. The summed E-state index contributed by atoms with van der Waals surface area (Å²) in [6, 6.07) is 0.316. The number of urea groups is 1. The number of nitrogens with one attached hydrogen (secondary N) is 2. The summed E-state index contributed by atoms with van der Waals surface area (Å²) in [4.78, 5) is 21.5. The second kappa shape index (κ2) is 7.42. The largest absolute Gasteiger partial charge is 0.481 e. The van der Waals surface area contributed by atoms with Crippen LogP contribution in [0.5, 0.6) is 0 Å². The van der Waals surface area contributed by atoms with Crippen LogP contribution in [-0.2, 0) is 4.79 Å². The van der Waals surface area contributed by atoms with Gasteiger partial charge in [0.05, 0.1) is 12.1 Å². The quantitative estimate of drug-likeness (QED) is 0.577. The van der Waals surface area contributed by atoms with Crippen LogP contribution in [0.1, 0.15) is 32.1 Å². The highest BCUT2D eigenvalue weighted by Gasteiger charge is 2.30. The number of carboxylic acids is 1. The van der Waals surface area contributed by atoms with E-state index in [0.717, 1.165) is 31.4 Å². The minimum Gasteiger partial charge on any atom is -0.481 e. The van der Waals surface area contributed by atoms with Crippen LogP contribution >= 0.6 is 11.8 Å². The van der Waals surface area contributed by atoms with Gasteiger partial charge in [0, 0.05) is 12.2 Å². The smallest absolute Gasteiger partial charge is 0.315 e. The van der Waals surface area contributed by atoms with Gasteiger partial charge in [0.15, 0.2) is 0 Å². The van der Waals surface area contributed by atoms with E-state index in [4.69, 9.17) is 5.11 Å². The second-order valence-corrected chi connectivity index (χ2v) is 5.19. The Morgan fingerprint density at radius 3 is 2.65 bits per heavy atom. The molecule has 0 saturated carbocycles. The molecule has 1 heterocycles. The van der Waals surface area contributed by atoms with Crippen molar-refractivity contribution < 1.29 is 14.7 Å². The number of rotatable bonds is 8. The van der Waals surface area contributed by atoms with Crippen molar-refractivity contribution in [3.8, 4) is 0 Å². The highest BCUT2D eigenvalue weighted by atomic mass is 32.2. The van der Waals surface area contributed by atoms with Crippen molar-refractivity contribution in [2.45, 2.75) is 44.2 Å². The number of carbonyl (C=O) groups excluding carboxylic acids is 1. The minimum absolute atomic E-state index is 0.0837. The van der Waals surface area contributed by atoms with E-state index in [1.165, 1.54) is 0 Å². The molecule has 1 aliphatic rings. The van der Waals surface area contributed by atoms with Crippen LogP contribution in [0.15, 0.2) is 0 Å². The topological polar surface area (TPSA) is 78.4 Å². The first-order valence-corrected chi connectivity index (χ1v) is 7.30. The number of carboxylic acid groups (broad SMARTS) is 1. The fourth-order valence-corrected chi connectivity index (χ4v) is 2.68. The molecule has 1 aliphatic heterocycles. The predicted molar refractivity (Wildman–Crippen MR) is 68.3 cm³/mol. The third kappa shape index (κ3) is 5.30. The standard InChI is InChI=1S/C11H20N2O3S/c1-17-7-9-8(12-11(16)13-9)5-3-2-4-6-10(14)15/h8-9H,2-7H2,1H3,(H,14,15)(H2,12,13,16). The molecule has 1 fully saturated rings. The lowest BCUT2D eigenvalue weighted by molar-refractivity contribution is -0.137. The lowest BCUT2D eigenvalue weighted by atomic mass is 10.0. The van der Waals surface area contributed by atoms with E-state index in [2.05, 4.69) is 10.6 Å². The Morgan fingerprint density at radius 2 is 2.00 bits per heavy atom. The summed E-state index contributed by atoms with van der Waals surface area (Å²) in [5.41, 5.74) is 0. The molecule has 17 heavy (non-hydrogen) atoms. The number of carbonyl (C=O) groups is 2. The zero-order chi connectivity index (χ0) is 12.7. The fraction of sp³-hybridized carbons (Fsp3) is 0.818. The molecule has 6 heteroatoms. The Labute approximate surface area is 106 Å². The van der Waals surface area contributed by atoms with E-state index in [9.17, 15) is 9.59 Å². The molecule has 0 aliphatic carbocycles. The van der Waals surface area contributed by atoms with Crippen molar-refractivity contribution in [3.05, 3.63) is 0 Å². The van der Waals surface area contributed by atoms with E-state index >= 15 is 0 Å². The van der Waals surface area contributed by atoms with Crippen molar-refractivity contribution >= 4 is 23.8 Å². The van der Waals surface area contributed by atoms with Gasteiger partial charge in [-0.15, -0.1) is 0 Å². The van der Waals surface area contributed by atoms with Gasteiger partial charge in [0.1, 0.15) is 0 Å². The number of amides is 2. The van der Waals surface area contributed by atoms with Crippen LogP contribution in [0.4, 0.5) is 4.79 Å². The molecule has 2 unspecified atom stereocenters. The van der Waals surface area contributed by atoms with Crippen molar-refractivity contribution in [1.82, 2.24) is 10.6 Å². The molecule has 1 rings (SSSR count). The lowest BCUT2D eigenvalue weighted by Crippen LogP contribution is -2.35. The molecular formula is C11H20N2O3S. The van der Waals surface area contributed by atoms with Gasteiger partial charge in [-0.3, -0.25) is 4.79 Å². The number of thioether (sulfide) groups is 1. The van der Waals surface area contributed by atoms with Crippen LogP contribution in [0, 0.1) is 0 Å². The van der Waals surface area contributed by atoms with Crippen molar-refractivity contribution in [1.29, 1.82) is 0 Å². The van der Waals surface area contributed by atoms with Gasteiger partial charge < -0.3 is 15.7 Å². The van der Waals surface area contributed by atoms with Gasteiger partial charge in [-0.2, -0.15) is 11.8 Å². The van der Waals surface area contributed by atoms with Gasteiger partial charge in [-0.25, -0.2) is 4.79 Å². The minimum atomic E-state index is -0.735. The maximum absolute atomic E-state index is 11.2. The molecule has 3 N–H and O–H groups in total. The van der Waals surface area contributed by atoms with E-state index in [-0.39, 0.29) is 24.5 Å². The molecule has 0 aromatic carbocycles. The lowest BCUT2D eigenvalue weighted by Gasteiger charge is -2.16. The zero-order valence-corrected chi connectivity index (χ0v) is 10.9. The van der Waals surface area contributed by atoms with E-state index in [0.29, 0.717) is 0 Å². The highest BCUT2D eigenvalue weighted by Crippen LogP contribution is 2.14. The number of unbranched alkanes of at least 4 members (excludes halogenated alkanes) is 2. The molecule has 1 saturated heterocycles. The number of hydrogen-bond acceptors (Lipinski definition) is 3. The normalized spacial score (nSPS) is 23.2. The zero-order valence-electron chi connectivity index (χ0n) is 10.1. The van der Waals surface area contributed by atoms with Gasteiger partial charge in [-0.1, -0.05) is 12.8 Å². The third-order valence-corrected chi connectivity index (χ3v) is 3.56. The van der Waals surface area contributed by atoms with Crippen LogP contribution in [0.25, 0.3) is 0 Å². The van der Waals surface area contributed by atoms with E-state index in [1.54, 1.807) is 11.8 Å². The fourth-order valence-electron chi connectivity index (χ4n) is 2.01. The first kappa shape index (κ1) is 14.2. The maximum Gasteiger partial charge on any atom is 0.315 e. The molecule has 98 valence electrons. The van der Waals surface area contributed by atoms with Crippen molar-refractivity contribution in [2.24, 2.45) is 0 Å². The van der Waals surface area contributed by atoms with Crippen LogP contribution in [0.3, 0.4) is 0 Å². The first-order chi connectivity index (χ1) is 8.13. The molecule has 2 atom stereocenters. The molecule has 2 amide bonds. The average Bonchev–Trinajstić information content (AvgIpc) is 2.59. The molecule has 0 spiro atoms. The Morgan fingerprint density at radius 1 is 1.29 bits per heavy atom. The average molecular weight is 260 g/mol. The van der Waals surface area contributed by atoms with Gasteiger partial charge in [0.2, 0.25) is 0 Å². The second-order valence-electron chi connectivity index (χ2n) is 4.28. The van der Waals surface area contributed by atoms with Gasteiger partial charge >= 0.3 is 12.0 Å². The highest BCUT2D eigenvalue weighted by molar-refractivity contribution is 7.98. The molecule has 5 nitrogen and oxygen atoms in total. The first-order valence-electron chi connectivity index (χ1n) is 5.91. The SMILES string of the molecule is CSCC1NC(=O)NC1CCCCCC(=O)O. The summed E-state index contributed by atoms with van der Waals surface area (Å²) in [6.45, 7) is 0. The summed E-state index contributed by atoms with van der Waals surface area (Å²) in [6.07, 6.45) is 5.77. The summed E-state index contributed by atoms with van der Waals surface area (Å²) < 4.78 is 0. The van der Waals surface area contributed by atoms with Crippen molar-refractivity contribution in [2.75, 3.05) is 12.0 Å². The molecule has 0 aromatic heterocycles. The van der Waals surface area contributed by atoms with Gasteiger partial charge in [0.25, 0.3) is 0 Å². The van der Waals surface area contributed by atoms with Gasteiger partial charge in [-0.05, 0) is 19.1 Å². The molecule has 0 aromatic rings. The monoisotopic (exact) mass is 260 g/mol. The van der Waals surface area contributed by atoms with E-state index in [1.807, 2.05) is 6.26 Å². The third-order valence-electron chi connectivity index (χ3n) is 2.87. The maximum atomic E-state index is 11.2. The van der Waals surface area contributed by atoms with Crippen LogP contribution in [-0.4, -0.2) is 41.2 Å². The molecule has 0 radical (unpaired) electrons. The Bertz CT molecular complexity index is 273. The van der Waals surface area contributed by atoms with Crippen molar-refractivity contribution in [3.63, 3.8) is 0 Å².